The van der Waals surface area contributed by atoms with Crippen LogP contribution in [-0.4, -0.2) is 21.6 Å². The summed E-state index contributed by atoms with van der Waals surface area (Å²) in [6.45, 7) is 4.98. The Kier molecular flexibility index (Phi) is 30.0. The molecule has 0 saturated carbocycles. The molecule has 178 valence electrons. The van der Waals surface area contributed by atoms with Crippen LogP contribution in [0, 0.1) is 0 Å². The van der Waals surface area contributed by atoms with E-state index in [9.17, 15) is 8.42 Å². The molecule has 6 heteroatoms. The molecule has 0 saturated heterocycles. The zero-order chi connectivity index (χ0) is 21.5. The maximum atomic E-state index is 11.7. The number of hydrogen-bond acceptors (Lipinski definition) is 4. The van der Waals surface area contributed by atoms with Crippen molar-refractivity contribution in [1.82, 2.24) is 0 Å². The van der Waals surface area contributed by atoms with Crippen LogP contribution in [0.25, 0.3) is 0 Å². The molecule has 0 radical (unpaired) electrons. The molecule has 0 amide bonds. The Morgan fingerprint density at radius 2 is 0.700 bits per heavy atom. The molecule has 0 heterocycles. The molecule has 0 rings (SSSR count). The first kappa shape index (κ1) is 33.7. The maximum absolute atomic E-state index is 11.7. The second-order valence-corrected chi connectivity index (χ2v) is 9.70. The van der Waals surface area contributed by atoms with E-state index < -0.39 is 10.4 Å². The van der Waals surface area contributed by atoms with Crippen LogP contribution < -0.4 is 51.4 Å². The fourth-order valence-electron chi connectivity index (χ4n) is 3.53. The molecular weight excluding hydrogens is 423 g/mol. The van der Waals surface area contributed by atoms with Crippen molar-refractivity contribution in [2.45, 2.75) is 142 Å². The summed E-state index contributed by atoms with van der Waals surface area (Å²) in [7, 11) is -3.80. The molecule has 0 fully saturated rings. The van der Waals surface area contributed by atoms with Gasteiger partial charge in [0.1, 0.15) is 0 Å². The Balaban J connectivity index is -0.00000392. The molecule has 0 aromatic heterocycles. The molecule has 0 N–H and O–H groups in total. The predicted octanol–water partition coefficient (Wildman–Crippen LogP) is 5.22. The van der Waals surface area contributed by atoms with E-state index in [4.69, 9.17) is 8.37 Å². The maximum Gasteiger partial charge on any atom is 1.00 e. The van der Waals surface area contributed by atoms with Crippen LogP contribution in [0.5, 0.6) is 0 Å². The summed E-state index contributed by atoms with van der Waals surface area (Å²) < 4.78 is 33.3. The molecule has 0 aliphatic rings. The third kappa shape index (κ3) is 27.5. The SMILES string of the molecule is CCCCCCCCCCCCOS(=O)(=O)OCCCCCCCCCCCC.[H-].[K+]. The third-order valence-electron chi connectivity index (χ3n) is 5.45. The Bertz CT molecular complexity index is 390. The average Bonchev–Trinajstić information content (AvgIpc) is 2.70. The van der Waals surface area contributed by atoms with Gasteiger partial charge < -0.3 is 1.43 Å². The first-order valence-corrected chi connectivity index (χ1v) is 14.0. The normalized spacial score (nSPS) is 11.5. The van der Waals surface area contributed by atoms with E-state index in [0.717, 1.165) is 38.5 Å². The van der Waals surface area contributed by atoms with Gasteiger partial charge in [-0.05, 0) is 12.8 Å². The van der Waals surface area contributed by atoms with E-state index in [1.807, 2.05) is 0 Å². The van der Waals surface area contributed by atoms with Gasteiger partial charge in [-0.15, -0.1) is 0 Å². The summed E-state index contributed by atoms with van der Waals surface area (Å²) in [5, 5.41) is 0. The van der Waals surface area contributed by atoms with Crippen molar-refractivity contribution in [2.75, 3.05) is 13.2 Å². The molecular formula is C24H51KO4S. The van der Waals surface area contributed by atoms with Crippen molar-refractivity contribution in [3.8, 4) is 0 Å². The van der Waals surface area contributed by atoms with E-state index in [1.54, 1.807) is 0 Å². The summed E-state index contributed by atoms with van der Waals surface area (Å²) in [5.74, 6) is 0. The smallest absolute Gasteiger partial charge is 1.00 e. The Labute approximate surface area is 233 Å². The van der Waals surface area contributed by atoms with E-state index in [2.05, 4.69) is 13.8 Å². The van der Waals surface area contributed by atoms with Gasteiger partial charge in [-0.1, -0.05) is 129 Å². The number of rotatable bonds is 24. The van der Waals surface area contributed by atoms with Gasteiger partial charge in [0.2, 0.25) is 0 Å². The Morgan fingerprint density at radius 3 is 0.967 bits per heavy atom. The summed E-state index contributed by atoms with van der Waals surface area (Å²) in [6.07, 6.45) is 24.4. The fraction of sp³-hybridized carbons (Fsp3) is 1.00. The molecule has 0 aromatic rings. The van der Waals surface area contributed by atoms with Crippen LogP contribution in [0.4, 0.5) is 0 Å². The largest absolute Gasteiger partial charge is 1.00 e. The number of hydrogen-bond donors (Lipinski definition) is 0. The van der Waals surface area contributed by atoms with Crippen molar-refractivity contribution in [3.05, 3.63) is 0 Å². The summed E-state index contributed by atoms with van der Waals surface area (Å²) in [4.78, 5) is 0. The minimum Gasteiger partial charge on any atom is -1.00 e. The third-order valence-corrected chi connectivity index (χ3v) is 6.36. The quantitative estimate of drug-likeness (QED) is 0.142. The molecule has 0 unspecified atom stereocenters. The van der Waals surface area contributed by atoms with E-state index in [1.165, 1.54) is 89.9 Å². The molecule has 0 aliphatic carbocycles. The second kappa shape index (κ2) is 26.8. The van der Waals surface area contributed by atoms with Crippen LogP contribution in [-0.2, 0) is 18.8 Å². The molecule has 0 bridgehead atoms. The van der Waals surface area contributed by atoms with E-state index in [0.29, 0.717) is 0 Å². The zero-order valence-electron chi connectivity index (χ0n) is 21.6. The molecule has 30 heavy (non-hydrogen) atoms. The standard InChI is InChI=1S/C24H50O4S.K.H/c1-3-5-7-9-11-13-15-17-19-21-23-27-29(25,26)28-24-22-20-18-16-14-12-10-8-6-4-2;;/h3-24H2,1-2H3;;/q;+1;-1. The van der Waals surface area contributed by atoms with Crippen LogP contribution in [0.2, 0.25) is 0 Å². The first-order chi connectivity index (χ1) is 14.1. The van der Waals surface area contributed by atoms with Gasteiger partial charge in [0, 0.05) is 0 Å². The minimum absolute atomic E-state index is 0. The summed E-state index contributed by atoms with van der Waals surface area (Å²) >= 11 is 0. The monoisotopic (exact) mass is 474 g/mol. The summed E-state index contributed by atoms with van der Waals surface area (Å²) in [6, 6.07) is 0. The second-order valence-electron chi connectivity index (χ2n) is 8.42. The predicted molar refractivity (Wildman–Crippen MR) is 126 cm³/mol. The van der Waals surface area contributed by atoms with Gasteiger partial charge >= 0.3 is 61.8 Å². The molecule has 0 spiro atoms. The van der Waals surface area contributed by atoms with Gasteiger partial charge in [-0.2, -0.15) is 8.42 Å². The minimum atomic E-state index is -3.80. The van der Waals surface area contributed by atoms with Crippen molar-refractivity contribution >= 4 is 10.4 Å². The zero-order valence-corrected chi connectivity index (χ0v) is 24.5. The van der Waals surface area contributed by atoms with E-state index in [-0.39, 0.29) is 66.0 Å². The van der Waals surface area contributed by atoms with Crippen molar-refractivity contribution < 1.29 is 69.6 Å². The van der Waals surface area contributed by atoms with Crippen molar-refractivity contribution in [2.24, 2.45) is 0 Å². The van der Waals surface area contributed by atoms with Gasteiger partial charge in [0.05, 0.1) is 13.2 Å². The van der Waals surface area contributed by atoms with Crippen LogP contribution in [0.15, 0.2) is 0 Å². The first-order valence-electron chi connectivity index (χ1n) is 12.7. The molecule has 0 aromatic carbocycles. The fourth-order valence-corrected chi connectivity index (χ4v) is 4.25. The summed E-state index contributed by atoms with van der Waals surface area (Å²) in [5.41, 5.74) is 0. The Hall–Kier alpha value is 1.51. The van der Waals surface area contributed by atoms with Crippen LogP contribution in [0.3, 0.4) is 0 Å². The molecule has 0 aliphatic heterocycles. The van der Waals surface area contributed by atoms with Gasteiger partial charge in [-0.25, -0.2) is 8.37 Å². The van der Waals surface area contributed by atoms with Crippen LogP contribution in [0.1, 0.15) is 144 Å². The average molecular weight is 475 g/mol. The molecule has 4 nitrogen and oxygen atoms in total. The van der Waals surface area contributed by atoms with Crippen molar-refractivity contribution in [1.29, 1.82) is 0 Å². The van der Waals surface area contributed by atoms with Gasteiger partial charge in [0.25, 0.3) is 0 Å². The van der Waals surface area contributed by atoms with Crippen molar-refractivity contribution in [3.63, 3.8) is 0 Å². The van der Waals surface area contributed by atoms with Crippen LogP contribution >= 0.6 is 0 Å². The topological polar surface area (TPSA) is 52.6 Å². The van der Waals surface area contributed by atoms with E-state index >= 15 is 0 Å². The van der Waals surface area contributed by atoms with Gasteiger partial charge in [-0.3, -0.25) is 0 Å². The number of unbranched alkanes of at least 4 members (excludes halogenated alkanes) is 18. The van der Waals surface area contributed by atoms with Gasteiger partial charge in [0.15, 0.2) is 0 Å². The Morgan fingerprint density at radius 1 is 0.467 bits per heavy atom. The molecule has 0 atom stereocenters.